The maximum Gasteiger partial charge on any atom is 0.107 e. The zero-order valence-corrected chi connectivity index (χ0v) is 9.08. The Morgan fingerprint density at radius 1 is 1.08 bits per heavy atom. The lowest BCUT2D eigenvalue weighted by atomic mass is 9.86. The summed E-state index contributed by atoms with van der Waals surface area (Å²) in [5.74, 6) is 0.978. The van der Waals surface area contributed by atoms with Crippen molar-refractivity contribution in [3.8, 4) is 0 Å². The van der Waals surface area contributed by atoms with Gasteiger partial charge in [0.25, 0.3) is 0 Å². The average Bonchev–Trinajstić information content (AvgIpc) is 2.05. The van der Waals surface area contributed by atoms with Crippen molar-refractivity contribution in [2.75, 3.05) is 0 Å². The molecule has 1 saturated carbocycles. The van der Waals surface area contributed by atoms with Gasteiger partial charge in [0.15, 0.2) is 0 Å². The van der Waals surface area contributed by atoms with Crippen LogP contribution in [-0.4, -0.2) is 4.84 Å². The molecule has 0 atom stereocenters. The van der Waals surface area contributed by atoms with Gasteiger partial charge in [0.2, 0.25) is 0 Å². The number of hydrogen-bond acceptors (Lipinski definition) is 0. The van der Waals surface area contributed by atoms with E-state index >= 15 is 0 Å². The molecule has 1 fully saturated rings. The zero-order chi connectivity index (χ0) is 8.81. The maximum absolute atomic E-state index is 5.66. The molecule has 0 spiro atoms. The molecule has 0 saturated heterocycles. The highest BCUT2D eigenvalue weighted by Gasteiger charge is 2.12. The van der Waals surface area contributed by atoms with Crippen LogP contribution in [0.25, 0.3) is 0 Å². The molecule has 0 nitrogen and oxygen atoms in total. The first-order valence-electron chi connectivity index (χ1n) is 5.07. The van der Waals surface area contributed by atoms with Crippen LogP contribution in [0.15, 0.2) is 0 Å². The van der Waals surface area contributed by atoms with Gasteiger partial charge in [-0.2, -0.15) is 0 Å². The van der Waals surface area contributed by atoms with Crippen molar-refractivity contribution in [3.05, 3.63) is 0 Å². The lowest BCUT2D eigenvalue weighted by molar-refractivity contribution is 0.331. The Morgan fingerprint density at radius 2 is 1.75 bits per heavy atom. The van der Waals surface area contributed by atoms with Crippen LogP contribution in [0.5, 0.6) is 0 Å². The monoisotopic (exact) mass is 208 g/mol. The maximum atomic E-state index is 5.66. The van der Waals surface area contributed by atoms with E-state index in [-0.39, 0.29) is 4.84 Å². The highest BCUT2D eigenvalue weighted by Crippen LogP contribution is 2.28. The Kier molecular flexibility index (Phi) is 5.42. The molecule has 0 aromatic carbocycles. The molecule has 0 aliphatic heterocycles. The van der Waals surface area contributed by atoms with Crippen LogP contribution in [0.2, 0.25) is 0 Å². The summed E-state index contributed by atoms with van der Waals surface area (Å²) in [6.07, 6.45) is 10.7. The highest BCUT2D eigenvalue weighted by molar-refractivity contribution is 6.44. The lowest BCUT2D eigenvalue weighted by Gasteiger charge is -2.21. The summed E-state index contributed by atoms with van der Waals surface area (Å²) < 4.78 is 0. The molecule has 0 aromatic rings. The number of halogens is 2. The molecule has 0 bridgehead atoms. The van der Waals surface area contributed by atoms with Gasteiger partial charge < -0.3 is 0 Å². The first kappa shape index (κ1) is 10.7. The van der Waals surface area contributed by atoms with Crippen LogP contribution >= 0.6 is 23.2 Å². The Morgan fingerprint density at radius 3 is 2.33 bits per heavy atom. The van der Waals surface area contributed by atoms with E-state index in [1.54, 1.807) is 0 Å². The molecule has 1 aliphatic carbocycles. The van der Waals surface area contributed by atoms with Crippen molar-refractivity contribution in [1.29, 1.82) is 0 Å². The predicted octanol–water partition coefficient (Wildman–Crippen LogP) is 4.54. The zero-order valence-electron chi connectivity index (χ0n) is 7.57. The summed E-state index contributed by atoms with van der Waals surface area (Å²) in [5.41, 5.74) is 0. The summed E-state index contributed by atoms with van der Waals surface area (Å²) >= 11 is 11.3. The fourth-order valence-corrected chi connectivity index (χ4v) is 2.35. The molecule has 0 aromatic heterocycles. The van der Waals surface area contributed by atoms with E-state index in [2.05, 4.69) is 0 Å². The standard InChI is InChI=1S/C10H18Cl2/c11-10(12)8-4-7-9-5-2-1-3-6-9/h9-10H,1-8H2. The largest absolute Gasteiger partial charge is 0.107 e. The van der Waals surface area contributed by atoms with Gasteiger partial charge in [-0.1, -0.05) is 44.9 Å². The molecule has 12 heavy (non-hydrogen) atoms. The molecule has 1 rings (SSSR count). The highest BCUT2D eigenvalue weighted by atomic mass is 35.5. The number of hydrogen-bond donors (Lipinski definition) is 0. The van der Waals surface area contributed by atoms with Gasteiger partial charge in [0.1, 0.15) is 4.84 Å². The van der Waals surface area contributed by atoms with Crippen LogP contribution in [0.1, 0.15) is 51.4 Å². The van der Waals surface area contributed by atoms with E-state index in [0.717, 1.165) is 12.3 Å². The van der Waals surface area contributed by atoms with Crippen LogP contribution < -0.4 is 0 Å². The van der Waals surface area contributed by atoms with Gasteiger partial charge in [0.05, 0.1) is 0 Å². The fourth-order valence-electron chi connectivity index (χ4n) is 2.04. The van der Waals surface area contributed by atoms with Crippen LogP contribution in [0, 0.1) is 5.92 Å². The van der Waals surface area contributed by atoms with E-state index in [1.165, 1.54) is 44.9 Å². The second-order valence-electron chi connectivity index (χ2n) is 3.83. The SMILES string of the molecule is ClC(Cl)CCCC1CCCCC1. The van der Waals surface area contributed by atoms with Crippen molar-refractivity contribution in [2.24, 2.45) is 5.92 Å². The first-order chi connectivity index (χ1) is 5.79. The third-order valence-electron chi connectivity index (χ3n) is 2.76. The third-order valence-corrected chi connectivity index (χ3v) is 3.20. The Labute approximate surface area is 85.6 Å². The van der Waals surface area contributed by atoms with Crippen LogP contribution in [-0.2, 0) is 0 Å². The van der Waals surface area contributed by atoms with Crippen molar-refractivity contribution < 1.29 is 0 Å². The van der Waals surface area contributed by atoms with Crippen molar-refractivity contribution in [3.63, 3.8) is 0 Å². The molecule has 0 radical (unpaired) electrons. The minimum Gasteiger partial charge on any atom is -0.105 e. The summed E-state index contributed by atoms with van der Waals surface area (Å²) in [6.45, 7) is 0. The average molecular weight is 209 g/mol. The van der Waals surface area contributed by atoms with Crippen molar-refractivity contribution in [1.82, 2.24) is 0 Å². The van der Waals surface area contributed by atoms with E-state index in [0.29, 0.717) is 0 Å². The molecule has 1 aliphatic rings. The van der Waals surface area contributed by atoms with Gasteiger partial charge in [-0.25, -0.2) is 0 Å². The molecular formula is C10H18Cl2. The topological polar surface area (TPSA) is 0 Å². The van der Waals surface area contributed by atoms with Crippen molar-refractivity contribution >= 4 is 23.2 Å². The first-order valence-corrected chi connectivity index (χ1v) is 5.94. The molecule has 0 heterocycles. The molecule has 0 unspecified atom stereocenters. The van der Waals surface area contributed by atoms with Crippen LogP contribution in [0.3, 0.4) is 0 Å². The van der Waals surface area contributed by atoms with Crippen LogP contribution in [0.4, 0.5) is 0 Å². The van der Waals surface area contributed by atoms with E-state index in [9.17, 15) is 0 Å². The van der Waals surface area contributed by atoms with E-state index in [4.69, 9.17) is 23.2 Å². The minimum atomic E-state index is -0.145. The fraction of sp³-hybridized carbons (Fsp3) is 1.00. The van der Waals surface area contributed by atoms with Gasteiger partial charge >= 0.3 is 0 Å². The Hall–Kier alpha value is 0.580. The quantitative estimate of drug-likeness (QED) is 0.596. The molecular weight excluding hydrogens is 191 g/mol. The predicted molar refractivity (Wildman–Crippen MR) is 55.9 cm³/mol. The molecule has 72 valence electrons. The van der Waals surface area contributed by atoms with Gasteiger partial charge in [-0.3, -0.25) is 0 Å². The second kappa shape index (κ2) is 6.10. The molecule has 0 amide bonds. The smallest absolute Gasteiger partial charge is 0.105 e. The van der Waals surface area contributed by atoms with E-state index < -0.39 is 0 Å². The summed E-state index contributed by atoms with van der Waals surface area (Å²) in [7, 11) is 0. The summed E-state index contributed by atoms with van der Waals surface area (Å²) in [6, 6.07) is 0. The Balaban J connectivity index is 1.98. The molecule has 2 heteroatoms. The summed E-state index contributed by atoms with van der Waals surface area (Å²) in [4.78, 5) is -0.145. The van der Waals surface area contributed by atoms with Gasteiger partial charge in [0, 0.05) is 0 Å². The molecule has 0 N–H and O–H groups in total. The second-order valence-corrected chi connectivity index (χ2v) is 5.10. The summed E-state index contributed by atoms with van der Waals surface area (Å²) in [5, 5.41) is 0. The van der Waals surface area contributed by atoms with Crippen molar-refractivity contribution in [2.45, 2.75) is 56.2 Å². The number of alkyl halides is 2. The normalized spacial score (nSPS) is 20.2. The van der Waals surface area contributed by atoms with Gasteiger partial charge in [-0.15, -0.1) is 23.2 Å². The number of rotatable bonds is 4. The third kappa shape index (κ3) is 4.57. The Bertz CT molecular complexity index is 106. The van der Waals surface area contributed by atoms with E-state index in [1.807, 2.05) is 0 Å². The minimum absolute atomic E-state index is 0.145. The van der Waals surface area contributed by atoms with Gasteiger partial charge in [-0.05, 0) is 12.3 Å². The lowest BCUT2D eigenvalue weighted by Crippen LogP contribution is -2.06.